The number of nitrogens with one attached hydrogen (secondary N) is 1. The topological polar surface area (TPSA) is 95.5 Å². The van der Waals surface area contributed by atoms with Gasteiger partial charge in [0, 0.05) is 12.4 Å². The number of hydrogen-bond donors (Lipinski definition) is 1. The maximum atomic E-state index is 12.4. The molecule has 0 aliphatic heterocycles. The third kappa shape index (κ3) is 6.50. The van der Waals surface area contributed by atoms with Gasteiger partial charge >= 0.3 is 0 Å². The van der Waals surface area contributed by atoms with Crippen molar-refractivity contribution in [3.8, 4) is 5.75 Å². The van der Waals surface area contributed by atoms with Crippen LogP contribution in [0.2, 0.25) is 0 Å². The summed E-state index contributed by atoms with van der Waals surface area (Å²) < 4.78 is 32.8. The summed E-state index contributed by atoms with van der Waals surface area (Å²) in [5.41, 5.74) is 1.16. The molecule has 6 nitrogen and oxygen atoms in total. The molecule has 2 aromatic carbocycles. The van der Waals surface area contributed by atoms with Gasteiger partial charge in [-0.1, -0.05) is 49.4 Å². The van der Waals surface area contributed by atoms with Gasteiger partial charge in [-0.05, 0) is 29.7 Å². The Balaban J connectivity index is 2.14. The van der Waals surface area contributed by atoms with Crippen LogP contribution >= 0.6 is 0 Å². The SMILES string of the molecule is CCCOc1ccc(C(CC(=O)[O-])NS(=O)(=O)Cc2ccccc2)cc1. The van der Waals surface area contributed by atoms with E-state index in [4.69, 9.17) is 4.74 Å². The fourth-order valence-corrected chi connectivity index (χ4v) is 3.83. The minimum absolute atomic E-state index is 0.227. The molecule has 0 spiro atoms. The average Bonchev–Trinajstić information content (AvgIpc) is 2.59. The van der Waals surface area contributed by atoms with Crippen molar-refractivity contribution in [1.29, 1.82) is 0 Å². The van der Waals surface area contributed by atoms with Gasteiger partial charge in [0.25, 0.3) is 0 Å². The van der Waals surface area contributed by atoms with Crippen LogP contribution in [0.25, 0.3) is 0 Å². The van der Waals surface area contributed by atoms with Crippen molar-refractivity contribution in [1.82, 2.24) is 4.72 Å². The van der Waals surface area contributed by atoms with Crippen molar-refractivity contribution in [2.75, 3.05) is 6.61 Å². The number of carboxylic acids is 1. The molecule has 1 N–H and O–H groups in total. The first-order chi connectivity index (χ1) is 12.4. The van der Waals surface area contributed by atoms with Crippen molar-refractivity contribution in [3.05, 3.63) is 65.7 Å². The van der Waals surface area contributed by atoms with Crippen molar-refractivity contribution < 1.29 is 23.1 Å². The first-order valence-corrected chi connectivity index (χ1v) is 10.0. The highest BCUT2D eigenvalue weighted by molar-refractivity contribution is 7.88. The Hall–Kier alpha value is -2.38. The highest BCUT2D eigenvalue weighted by atomic mass is 32.2. The molecule has 0 fully saturated rings. The van der Waals surface area contributed by atoms with Crippen molar-refractivity contribution >= 4 is 16.0 Å². The lowest BCUT2D eigenvalue weighted by Gasteiger charge is -2.20. The normalized spacial score (nSPS) is 12.5. The molecule has 0 aliphatic rings. The summed E-state index contributed by atoms with van der Waals surface area (Å²) in [5.74, 6) is -0.909. The van der Waals surface area contributed by atoms with Gasteiger partial charge in [-0.3, -0.25) is 0 Å². The summed E-state index contributed by atoms with van der Waals surface area (Å²) in [4.78, 5) is 11.1. The Morgan fingerprint density at radius 2 is 1.77 bits per heavy atom. The van der Waals surface area contributed by atoms with E-state index in [-0.39, 0.29) is 5.75 Å². The summed E-state index contributed by atoms with van der Waals surface area (Å²) in [6.45, 7) is 2.57. The van der Waals surface area contributed by atoms with Crippen LogP contribution < -0.4 is 14.6 Å². The monoisotopic (exact) mass is 376 g/mol. The van der Waals surface area contributed by atoms with Crippen LogP contribution in [0, 0.1) is 0 Å². The lowest BCUT2D eigenvalue weighted by molar-refractivity contribution is -0.306. The lowest BCUT2D eigenvalue weighted by atomic mass is 10.0. The Bertz CT molecular complexity index is 804. The van der Waals surface area contributed by atoms with E-state index in [1.807, 2.05) is 6.92 Å². The van der Waals surface area contributed by atoms with Gasteiger partial charge in [0.1, 0.15) is 5.75 Å². The molecule has 7 heteroatoms. The lowest BCUT2D eigenvalue weighted by Crippen LogP contribution is -2.34. The van der Waals surface area contributed by atoms with Crippen LogP contribution in [-0.2, 0) is 20.6 Å². The molecule has 2 aromatic rings. The van der Waals surface area contributed by atoms with Crippen molar-refractivity contribution in [2.24, 2.45) is 0 Å². The molecule has 0 aliphatic carbocycles. The maximum Gasteiger partial charge on any atom is 0.216 e. The molecule has 0 heterocycles. The highest BCUT2D eigenvalue weighted by Crippen LogP contribution is 2.22. The molecule has 0 saturated carbocycles. The molecule has 140 valence electrons. The summed E-state index contributed by atoms with van der Waals surface area (Å²) in [6, 6.07) is 14.5. The number of sulfonamides is 1. The average molecular weight is 376 g/mol. The van der Waals surface area contributed by atoms with E-state index in [9.17, 15) is 18.3 Å². The summed E-state index contributed by atoms with van der Waals surface area (Å²) in [7, 11) is -3.72. The van der Waals surface area contributed by atoms with Crippen molar-refractivity contribution in [2.45, 2.75) is 31.6 Å². The number of rotatable bonds is 10. The molecule has 0 saturated heterocycles. The quantitative estimate of drug-likeness (QED) is 0.682. The van der Waals surface area contributed by atoms with E-state index < -0.39 is 28.5 Å². The highest BCUT2D eigenvalue weighted by Gasteiger charge is 2.20. The molecule has 26 heavy (non-hydrogen) atoms. The van der Waals surface area contributed by atoms with Crippen LogP contribution in [0.4, 0.5) is 0 Å². The Kier molecular flexibility index (Phi) is 7.17. The molecule has 0 aromatic heterocycles. The molecule has 1 unspecified atom stereocenters. The van der Waals surface area contributed by atoms with Gasteiger partial charge in [-0.2, -0.15) is 0 Å². The fourth-order valence-electron chi connectivity index (χ4n) is 2.46. The van der Waals surface area contributed by atoms with Gasteiger partial charge in [-0.25, -0.2) is 13.1 Å². The largest absolute Gasteiger partial charge is 0.550 e. The van der Waals surface area contributed by atoms with E-state index in [2.05, 4.69) is 4.72 Å². The first kappa shape index (κ1) is 19.9. The summed E-state index contributed by atoms with van der Waals surface area (Å²) in [5, 5.41) is 11.1. The van der Waals surface area contributed by atoms with Crippen LogP contribution in [0.15, 0.2) is 54.6 Å². The van der Waals surface area contributed by atoms with E-state index in [1.165, 1.54) is 0 Å². The second-order valence-corrected chi connectivity index (χ2v) is 7.66. The number of carbonyl (C=O) groups is 1. The molecule has 1 atom stereocenters. The smallest absolute Gasteiger partial charge is 0.216 e. The Morgan fingerprint density at radius 1 is 1.12 bits per heavy atom. The van der Waals surface area contributed by atoms with Gasteiger partial charge in [0.05, 0.1) is 18.4 Å². The minimum Gasteiger partial charge on any atom is -0.550 e. The molecular formula is C19H22NO5S-. The fraction of sp³-hybridized carbons (Fsp3) is 0.316. The number of ether oxygens (including phenoxy) is 1. The number of carboxylic acid groups (broad SMARTS) is 1. The summed E-state index contributed by atoms with van der Waals surface area (Å²) in [6.07, 6.45) is 0.414. The molecular weight excluding hydrogens is 354 g/mol. The van der Waals surface area contributed by atoms with E-state index in [0.29, 0.717) is 23.5 Å². The standard InChI is InChI=1S/C19H23NO5S/c1-2-12-25-17-10-8-16(9-11-17)18(13-19(21)22)20-26(23,24)14-15-6-4-3-5-7-15/h3-11,18,20H,2,12-14H2,1H3,(H,21,22)/p-1. The van der Waals surface area contributed by atoms with E-state index in [1.54, 1.807) is 54.6 Å². The zero-order chi connectivity index (χ0) is 19.0. The second-order valence-electron chi connectivity index (χ2n) is 5.91. The van der Waals surface area contributed by atoms with Crippen LogP contribution in [-0.4, -0.2) is 21.0 Å². The Labute approximate surface area is 153 Å². The molecule has 0 radical (unpaired) electrons. The van der Waals surface area contributed by atoms with Gasteiger partial charge in [0.2, 0.25) is 10.0 Å². The van der Waals surface area contributed by atoms with Crippen LogP contribution in [0.3, 0.4) is 0 Å². The third-order valence-corrected chi connectivity index (χ3v) is 5.00. The zero-order valence-electron chi connectivity index (χ0n) is 14.6. The van der Waals surface area contributed by atoms with Crippen LogP contribution in [0.1, 0.15) is 36.9 Å². The van der Waals surface area contributed by atoms with Gasteiger partial charge in [-0.15, -0.1) is 0 Å². The predicted molar refractivity (Wildman–Crippen MR) is 96.8 cm³/mol. The van der Waals surface area contributed by atoms with Crippen molar-refractivity contribution in [3.63, 3.8) is 0 Å². The van der Waals surface area contributed by atoms with Crippen LogP contribution in [0.5, 0.6) is 5.75 Å². The number of hydrogen-bond acceptors (Lipinski definition) is 5. The third-order valence-electron chi connectivity index (χ3n) is 3.65. The molecule has 0 amide bonds. The van der Waals surface area contributed by atoms with E-state index >= 15 is 0 Å². The second kappa shape index (κ2) is 9.35. The number of benzene rings is 2. The zero-order valence-corrected chi connectivity index (χ0v) is 15.4. The molecule has 2 rings (SSSR count). The molecule has 0 bridgehead atoms. The van der Waals surface area contributed by atoms with Gasteiger partial charge < -0.3 is 14.6 Å². The van der Waals surface area contributed by atoms with E-state index in [0.717, 1.165) is 6.42 Å². The van der Waals surface area contributed by atoms with Gasteiger partial charge in [0.15, 0.2) is 0 Å². The Morgan fingerprint density at radius 3 is 2.35 bits per heavy atom. The summed E-state index contributed by atoms with van der Waals surface area (Å²) >= 11 is 0. The minimum atomic E-state index is -3.72. The first-order valence-electron chi connectivity index (χ1n) is 8.36. The predicted octanol–water partition coefficient (Wildman–Crippen LogP) is 1.78. The number of carbonyl (C=O) groups excluding carboxylic acids is 1. The maximum absolute atomic E-state index is 12.4. The number of aliphatic carboxylic acids is 1.